The number of hydrogen-bond donors (Lipinski definition) is 1. The molecule has 120 valence electrons. The molecular formula is C18H38N2. The van der Waals surface area contributed by atoms with Gasteiger partial charge in [-0.1, -0.05) is 47.0 Å². The number of nitrogens with one attached hydrogen (secondary N) is 1. The molecule has 0 aliphatic carbocycles. The van der Waals surface area contributed by atoms with Gasteiger partial charge in [-0.3, -0.25) is 0 Å². The molecule has 1 heterocycles. The summed E-state index contributed by atoms with van der Waals surface area (Å²) in [6.45, 7) is 15.6. The second-order valence-corrected chi connectivity index (χ2v) is 7.28. The van der Waals surface area contributed by atoms with Gasteiger partial charge in [0.1, 0.15) is 0 Å². The van der Waals surface area contributed by atoms with Crippen molar-refractivity contribution in [2.75, 3.05) is 32.7 Å². The largest absolute Gasteiger partial charge is 0.316 e. The Morgan fingerprint density at radius 2 is 1.50 bits per heavy atom. The molecule has 1 aliphatic rings. The van der Waals surface area contributed by atoms with Crippen LogP contribution in [-0.4, -0.2) is 37.6 Å². The monoisotopic (exact) mass is 282 g/mol. The zero-order valence-electron chi connectivity index (χ0n) is 14.5. The topological polar surface area (TPSA) is 15.3 Å². The summed E-state index contributed by atoms with van der Waals surface area (Å²) < 4.78 is 0. The Morgan fingerprint density at radius 1 is 0.950 bits per heavy atom. The van der Waals surface area contributed by atoms with Crippen LogP contribution in [0.2, 0.25) is 0 Å². The van der Waals surface area contributed by atoms with Crippen LogP contribution in [-0.2, 0) is 0 Å². The average molecular weight is 283 g/mol. The summed E-state index contributed by atoms with van der Waals surface area (Å²) in [7, 11) is 0. The molecule has 2 heteroatoms. The molecule has 1 N–H and O–H groups in total. The Morgan fingerprint density at radius 3 is 2.00 bits per heavy atom. The van der Waals surface area contributed by atoms with Gasteiger partial charge in [-0.2, -0.15) is 0 Å². The first-order chi connectivity index (χ1) is 9.62. The van der Waals surface area contributed by atoms with Crippen molar-refractivity contribution in [3.05, 3.63) is 0 Å². The van der Waals surface area contributed by atoms with E-state index in [2.05, 4.69) is 37.9 Å². The first kappa shape index (κ1) is 18.0. The maximum absolute atomic E-state index is 3.72. The predicted molar refractivity (Wildman–Crippen MR) is 90.2 cm³/mol. The van der Waals surface area contributed by atoms with Crippen molar-refractivity contribution in [1.82, 2.24) is 10.2 Å². The van der Waals surface area contributed by atoms with E-state index in [-0.39, 0.29) is 0 Å². The third-order valence-electron chi connectivity index (χ3n) is 5.06. The van der Waals surface area contributed by atoms with Crippen molar-refractivity contribution in [3.8, 4) is 0 Å². The molecule has 0 atom stereocenters. The molecule has 1 saturated heterocycles. The van der Waals surface area contributed by atoms with Crippen LogP contribution in [0.4, 0.5) is 0 Å². The molecule has 0 unspecified atom stereocenters. The van der Waals surface area contributed by atoms with Gasteiger partial charge in [-0.25, -0.2) is 0 Å². The molecule has 1 fully saturated rings. The van der Waals surface area contributed by atoms with E-state index in [1.165, 1.54) is 71.1 Å². The van der Waals surface area contributed by atoms with Gasteiger partial charge in [0.05, 0.1) is 0 Å². The molecule has 2 nitrogen and oxygen atoms in total. The van der Waals surface area contributed by atoms with Crippen LogP contribution in [0, 0.1) is 11.3 Å². The standard InChI is InChI=1S/C18H38N2/c1-5-18(6-2,15-19-14-17(3)4)16-20-12-10-8-7-9-11-13-20/h17,19H,5-16H2,1-4H3. The number of rotatable bonds is 8. The Kier molecular flexibility index (Phi) is 8.79. The lowest BCUT2D eigenvalue weighted by Gasteiger charge is -2.38. The average Bonchev–Trinajstić information content (AvgIpc) is 2.40. The first-order valence-corrected chi connectivity index (χ1v) is 9.05. The molecule has 1 aliphatic heterocycles. The van der Waals surface area contributed by atoms with E-state index >= 15 is 0 Å². The third-order valence-corrected chi connectivity index (χ3v) is 5.06. The maximum atomic E-state index is 3.72. The van der Waals surface area contributed by atoms with Gasteiger partial charge in [0.25, 0.3) is 0 Å². The fraction of sp³-hybridized carbons (Fsp3) is 1.00. The molecule has 0 aromatic rings. The van der Waals surface area contributed by atoms with E-state index in [0.717, 1.165) is 12.5 Å². The van der Waals surface area contributed by atoms with Crippen LogP contribution >= 0.6 is 0 Å². The van der Waals surface area contributed by atoms with Crippen LogP contribution in [0.15, 0.2) is 0 Å². The quantitative estimate of drug-likeness (QED) is 0.714. The molecule has 0 aromatic carbocycles. The molecule has 0 radical (unpaired) electrons. The highest BCUT2D eigenvalue weighted by molar-refractivity contribution is 4.83. The fourth-order valence-electron chi connectivity index (χ4n) is 3.35. The van der Waals surface area contributed by atoms with Crippen molar-refractivity contribution in [2.45, 2.75) is 72.6 Å². The van der Waals surface area contributed by atoms with Crippen LogP contribution in [0.25, 0.3) is 0 Å². The Labute approximate surface area is 127 Å². The zero-order valence-corrected chi connectivity index (χ0v) is 14.5. The van der Waals surface area contributed by atoms with Gasteiger partial charge in [0.2, 0.25) is 0 Å². The molecule has 0 saturated carbocycles. The lowest BCUT2D eigenvalue weighted by Crippen LogP contribution is -2.45. The van der Waals surface area contributed by atoms with Gasteiger partial charge in [0.15, 0.2) is 0 Å². The van der Waals surface area contributed by atoms with Gasteiger partial charge >= 0.3 is 0 Å². The zero-order chi connectivity index (χ0) is 14.8. The fourth-order valence-corrected chi connectivity index (χ4v) is 3.35. The van der Waals surface area contributed by atoms with E-state index in [4.69, 9.17) is 0 Å². The van der Waals surface area contributed by atoms with Gasteiger partial charge < -0.3 is 10.2 Å². The molecule has 20 heavy (non-hydrogen) atoms. The van der Waals surface area contributed by atoms with Crippen LogP contribution in [0.3, 0.4) is 0 Å². The summed E-state index contributed by atoms with van der Waals surface area (Å²) in [5.74, 6) is 0.753. The second-order valence-electron chi connectivity index (χ2n) is 7.28. The number of likely N-dealkylation sites (tertiary alicyclic amines) is 1. The summed E-state index contributed by atoms with van der Waals surface area (Å²) in [5.41, 5.74) is 0.480. The van der Waals surface area contributed by atoms with Crippen LogP contribution in [0.1, 0.15) is 72.6 Å². The summed E-state index contributed by atoms with van der Waals surface area (Å²) in [5, 5.41) is 3.72. The molecular weight excluding hydrogens is 244 g/mol. The molecule has 0 aromatic heterocycles. The molecule has 0 bridgehead atoms. The highest BCUT2D eigenvalue weighted by Crippen LogP contribution is 2.28. The summed E-state index contributed by atoms with van der Waals surface area (Å²) in [6.07, 6.45) is 9.74. The predicted octanol–water partition coefficient (Wildman–Crippen LogP) is 4.30. The third kappa shape index (κ3) is 6.58. The minimum Gasteiger partial charge on any atom is -0.316 e. The van der Waals surface area contributed by atoms with E-state index in [1.807, 2.05) is 0 Å². The van der Waals surface area contributed by atoms with Crippen LogP contribution < -0.4 is 5.32 Å². The molecule has 0 amide bonds. The lowest BCUT2D eigenvalue weighted by molar-refractivity contribution is 0.125. The smallest absolute Gasteiger partial charge is 0.00499 e. The van der Waals surface area contributed by atoms with Crippen molar-refractivity contribution in [1.29, 1.82) is 0 Å². The van der Waals surface area contributed by atoms with E-state index < -0.39 is 0 Å². The van der Waals surface area contributed by atoms with E-state index in [9.17, 15) is 0 Å². The van der Waals surface area contributed by atoms with E-state index in [1.54, 1.807) is 0 Å². The van der Waals surface area contributed by atoms with Crippen molar-refractivity contribution in [2.24, 2.45) is 11.3 Å². The Bertz CT molecular complexity index is 226. The first-order valence-electron chi connectivity index (χ1n) is 9.05. The highest BCUT2D eigenvalue weighted by atomic mass is 15.1. The van der Waals surface area contributed by atoms with Crippen molar-refractivity contribution in [3.63, 3.8) is 0 Å². The Balaban J connectivity index is 2.49. The molecule has 1 rings (SSSR count). The number of nitrogens with zero attached hydrogens (tertiary/aromatic N) is 1. The summed E-state index contributed by atoms with van der Waals surface area (Å²) >= 11 is 0. The Hall–Kier alpha value is -0.0800. The number of hydrogen-bond acceptors (Lipinski definition) is 2. The van der Waals surface area contributed by atoms with Gasteiger partial charge in [0, 0.05) is 13.1 Å². The highest BCUT2D eigenvalue weighted by Gasteiger charge is 2.28. The lowest BCUT2D eigenvalue weighted by atomic mass is 9.81. The van der Waals surface area contributed by atoms with Crippen molar-refractivity contribution < 1.29 is 0 Å². The molecule has 0 spiro atoms. The van der Waals surface area contributed by atoms with Gasteiger partial charge in [-0.05, 0) is 56.7 Å². The van der Waals surface area contributed by atoms with Crippen LogP contribution in [0.5, 0.6) is 0 Å². The van der Waals surface area contributed by atoms with E-state index in [0.29, 0.717) is 5.41 Å². The van der Waals surface area contributed by atoms with Gasteiger partial charge in [-0.15, -0.1) is 0 Å². The minimum atomic E-state index is 0.480. The summed E-state index contributed by atoms with van der Waals surface area (Å²) in [4.78, 5) is 2.75. The summed E-state index contributed by atoms with van der Waals surface area (Å²) in [6, 6.07) is 0. The SMILES string of the molecule is CCC(CC)(CNCC(C)C)CN1CCCCCCC1. The normalized spacial score (nSPS) is 19.1. The maximum Gasteiger partial charge on any atom is 0.00499 e. The second kappa shape index (κ2) is 9.78. The van der Waals surface area contributed by atoms with Crippen molar-refractivity contribution >= 4 is 0 Å². The minimum absolute atomic E-state index is 0.480.